The van der Waals surface area contributed by atoms with Crippen molar-refractivity contribution >= 4 is 5.91 Å². The lowest BCUT2D eigenvalue weighted by Crippen LogP contribution is -2.47. The molecule has 42 heavy (non-hydrogen) atoms. The molecule has 0 spiro atoms. The normalized spacial score (nSPS) is 25.0. The Balaban J connectivity index is 1.40. The summed E-state index contributed by atoms with van der Waals surface area (Å²) in [6, 6.07) is 9.12. The van der Waals surface area contributed by atoms with E-state index in [-0.39, 0.29) is 46.9 Å². The molecule has 1 amide bonds. The molecule has 2 fully saturated rings. The summed E-state index contributed by atoms with van der Waals surface area (Å²) in [5, 5.41) is 0. The number of benzene rings is 2. The number of alkyl halides is 4. The highest BCUT2D eigenvalue weighted by atomic mass is 19.4. The Morgan fingerprint density at radius 2 is 1.69 bits per heavy atom. The second-order valence-electron chi connectivity index (χ2n) is 12.9. The summed E-state index contributed by atoms with van der Waals surface area (Å²) < 4.78 is 74.4. The second kappa shape index (κ2) is 11.7. The molecule has 0 aliphatic carbocycles. The van der Waals surface area contributed by atoms with Crippen LogP contribution in [-0.4, -0.2) is 53.0 Å². The van der Waals surface area contributed by atoms with Crippen molar-refractivity contribution in [3.63, 3.8) is 0 Å². The van der Waals surface area contributed by atoms with Crippen LogP contribution < -0.4 is 0 Å². The van der Waals surface area contributed by atoms with Crippen molar-refractivity contribution in [1.29, 1.82) is 0 Å². The third-order valence-corrected chi connectivity index (χ3v) is 9.20. The summed E-state index contributed by atoms with van der Waals surface area (Å²) in [4.78, 5) is 17.7. The van der Waals surface area contributed by atoms with E-state index < -0.39 is 30.6 Å². The van der Waals surface area contributed by atoms with Crippen molar-refractivity contribution in [2.24, 2.45) is 5.92 Å². The number of likely N-dealkylation sites (tertiary alicyclic amines) is 1. The van der Waals surface area contributed by atoms with Crippen LogP contribution in [0.2, 0.25) is 0 Å². The van der Waals surface area contributed by atoms with E-state index in [1.54, 1.807) is 30.0 Å². The largest absolute Gasteiger partial charge is 0.416 e. The van der Waals surface area contributed by atoms with Gasteiger partial charge in [0.15, 0.2) is 0 Å². The number of hydrogen-bond acceptors (Lipinski definition) is 3. The molecular formula is C33H39F5N2O2. The van der Waals surface area contributed by atoms with Gasteiger partial charge < -0.3 is 9.64 Å². The molecule has 3 aliphatic rings. The predicted molar refractivity (Wildman–Crippen MR) is 151 cm³/mol. The standard InChI is InChI=1S/C33H39F5N2O2/c1-20(24-13-21(18-34)14-26(15-24)33(36,37)38)42-29-19-40-28(31(29)23-5-7-27(35)8-6-23)16-25(17-30(40)41)22-9-11-39(12-10-22)32(2,3)4/h5-8,13-15,17,20,22,28-29,31H,9-12,16,18-19H2,1-4H3/t20?,28-,29-,31?/m0/s1. The average Bonchev–Trinajstić information content (AvgIpc) is 3.30. The van der Waals surface area contributed by atoms with E-state index in [9.17, 15) is 26.7 Å². The first-order valence-corrected chi connectivity index (χ1v) is 14.7. The zero-order chi connectivity index (χ0) is 30.4. The number of hydrogen-bond donors (Lipinski definition) is 0. The molecule has 4 nitrogen and oxygen atoms in total. The molecule has 0 bridgehead atoms. The van der Waals surface area contributed by atoms with E-state index in [0.29, 0.717) is 12.3 Å². The molecule has 5 rings (SSSR count). The number of ether oxygens (including phenoxy) is 1. The van der Waals surface area contributed by atoms with Crippen LogP contribution in [0.1, 0.15) is 81.2 Å². The fourth-order valence-corrected chi connectivity index (χ4v) is 6.91. The van der Waals surface area contributed by atoms with Crippen LogP contribution in [0.5, 0.6) is 0 Å². The summed E-state index contributed by atoms with van der Waals surface area (Å²) >= 11 is 0. The lowest BCUT2D eigenvalue weighted by atomic mass is 9.79. The van der Waals surface area contributed by atoms with Crippen molar-refractivity contribution < 1.29 is 31.5 Å². The van der Waals surface area contributed by atoms with Crippen LogP contribution in [0.4, 0.5) is 22.0 Å². The van der Waals surface area contributed by atoms with Crippen molar-refractivity contribution in [3.05, 3.63) is 82.2 Å². The lowest BCUT2D eigenvalue weighted by molar-refractivity contribution is -0.137. The van der Waals surface area contributed by atoms with Crippen LogP contribution in [0.3, 0.4) is 0 Å². The first-order valence-electron chi connectivity index (χ1n) is 14.7. The number of piperidine rings is 1. The van der Waals surface area contributed by atoms with Gasteiger partial charge in [-0.25, -0.2) is 8.78 Å². The van der Waals surface area contributed by atoms with Gasteiger partial charge in [0.25, 0.3) is 0 Å². The Kier molecular flexibility index (Phi) is 8.56. The number of fused-ring (bicyclic) bond motifs is 1. The van der Waals surface area contributed by atoms with Gasteiger partial charge in [0, 0.05) is 30.1 Å². The van der Waals surface area contributed by atoms with Crippen molar-refractivity contribution in [1.82, 2.24) is 9.80 Å². The minimum Gasteiger partial charge on any atom is -0.368 e. The van der Waals surface area contributed by atoms with Gasteiger partial charge in [-0.15, -0.1) is 0 Å². The first kappa shape index (κ1) is 30.7. The molecule has 3 heterocycles. The Hall–Kier alpha value is -2.78. The Bertz CT molecular complexity index is 1310. The highest BCUT2D eigenvalue weighted by Crippen LogP contribution is 2.45. The zero-order valence-corrected chi connectivity index (χ0v) is 24.6. The Morgan fingerprint density at radius 3 is 2.29 bits per heavy atom. The summed E-state index contributed by atoms with van der Waals surface area (Å²) in [5.74, 6) is -0.481. The number of rotatable bonds is 6. The molecule has 0 aromatic heterocycles. The van der Waals surface area contributed by atoms with Crippen LogP contribution >= 0.6 is 0 Å². The van der Waals surface area contributed by atoms with E-state index in [0.717, 1.165) is 49.2 Å². The molecule has 2 unspecified atom stereocenters. The van der Waals surface area contributed by atoms with Gasteiger partial charge in [-0.1, -0.05) is 23.8 Å². The molecule has 2 aromatic carbocycles. The van der Waals surface area contributed by atoms with Crippen LogP contribution in [-0.2, 0) is 22.4 Å². The van der Waals surface area contributed by atoms with Gasteiger partial charge >= 0.3 is 6.18 Å². The number of halogens is 5. The van der Waals surface area contributed by atoms with Crippen molar-refractivity contribution in [2.45, 2.75) is 89.5 Å². The molecule has 9 heteroatoms. The minimum atomic E-state index is -4.62. The smallest absolute Gasteiger partial charge is 0.368 e. The molecule has 3 aliphatic heterocycles. The molecule has 0 radical (unpaired) electrons. The van der Waals surface area contributed by atoms with Crippen LogP contribution in [0.25, 0.3) is 0 Å². The maximum absolute atomic E-state index is 13.9. The first-order chi connectivity index (χ1) is 19.7. The van der Waals surface area contributed by atoms with Crippen molar-refractivity contribution in [2.75, 3.05) is 19.6 Å². The van der Waals surface area contributed by atoms with Gasteiger partial charge in [-0.3, -0.25) is 9.69 Å². The van der Waals surface area contributed by atoms with Gasteiger partial charge in [-0.2, -0.15) is 13.2 Å². The molecule has 2 aromatic rings. The lowest BCUT2D eigenvalue weighted by Gasteiger charge is -2.43. The topological polar surface area (TPSA) is 32.8 Å². The third-order valence-electron chi connectivity index (χ3n) is 9.20. The monoisotopic (exact) mass is 590 g/mol. The molecule has 0 saturated carbocycles. The Labute approximate surface area is 244 Å². The summed E-state index contributed by atoms with van der Waals surface area (Å²) in [7, 11) is 0. The second-order valence-corrected chi connectivity index (χ2v) is 12.9. The maximum atomic E-state index is 13.9. The summed E-state index contributed by atoms with van der Waals surface area (Å²) in [5.41, 5.74) is 1.24. The van der Waals surface area contributed by atoms with E-state index in [2.05, 4.69) is 25.7 Å². The highest BCUT2D eigenvalue weighted by Gasteiger charge is 2.48. The van der Waals surface area contributed by atoms with E-state index in [1.807, 2.05) is 0 Å². The SMILES string of the molecule is CC(O[C@H]1CN2C(=O)C=C(C3CCN(C(C)(C)C)CC3)C[C@H]2C1c1ccc(F)cc1)c1cc(CF)cc(C(F)(F)F)c1. The summed E-state index contributed by atoms with van der Waals surface area (Å²) in [6.07, 6.45) is -1.60. The molecule has 2 saturated heterocycles. The molecule has 4 atom stereocenters. The predicted octanol–water partition coefficient (Wildman–Crippen LogP) is 7.60. The quantitative estimate of drug-likeness (QED) is 0.325. The van der Waals surface area contributed by atoms with E-state index in [4.69, 9.17) is 4.74 Å². The fourth-order valence-electron chi connectivity index (χ4n) is 6.91. The molecule has 0 N–H and O–H groups in total. The van der Waals surface area contributed by atoms with Crippen LogP contribution in [0, 0.1) is 11.7 Å². The van der Waals surface area contributed by atoms with Crippen LogP contribution in [0.15, 0.2) is 54.1 Å². The zero-order valence-electron chi connectivity index (χ0n) is 24.6. The minimum absolute atomic E-state index is 0.0734. The van der Waals surface area contributed by atoms with Gasteiger partial charge in [0.1, 0.15) is 12.5 Å². The number of carbonyl (C=O) groups excluding carboxylic acids is 1. The number of amides is 1. The maximum Gasteiger partial charge on any atom is 0.416 e. The van der Waals surface area contributed by atoms with E-state index in [1.165, 1.54) is 18.2 Å². The van der Waals surface area contributed by atoms with Crippen molar-refractivity contribution in [3.8, 4) is 0 Å². The third kappa shape index (κ3) is 6.42. The molecular weight excluding hydrogens is 551 g/mol. The number of nitrogens with zero attached hydrogens (tertiary/aromatic N) is 2. The number of carbonyl (C=O) groups is 1. The summed E-state index contributed by atoms with van der Waals surface area (Å²) in [6.45, 7) is 9.41. The van der Waals surface area contributed by atoms with E-state index >= 15 is 0 Å². The Morgan fingerprint density at radius 1 is 1.02 bits per heavy atom. The van der Waals surface area contributed by atoms with Gasteiger partial charge in [-0.05, 0) is 107 Å². The van der Waals surface area contributed by atoms with Gasteiger partial charge in [0.05, 0.1) is 17.8 Å². The average molecular weight is 591 g/mol. The highest BCUT2D eigenvalue weighted by molar-refractivity contribution is 5.90. The van der Waals surface area contributed by atoms with Gasteiger partial charge in [0.2, 0.25) is 5.91 Å². The molecule has 228 valence electrons. The fraction of sp³-hybridized carbons (Fsp3) is 0.545.